The largest absolute Gasteiger partial charge is 0.438 e. The minimum atomic E-state index is 0.388. The van der Waals surface area contributed by atoms with Crippen molar-refractivity contribution in [2.24, 2.45) is 5.73 Å². The van der Waals surface area contributed by atoms with Gasteiger partial charge in [0, 0.05) is 12.6 Å². The lowest BCUT2D eigenvalue weighted by Crippen LogP contribution is -2.01. The maximum absolute atomic E-state index is 5.62. The lowest BCUT2D eigenvalue weighted by atomic mass is 10.1. The Morgan fingerprint density at radius 3 is 2.42 bits per heavy atom. The van der Waals surface area contributed by atoms with Gasteiger partial charge in [0.15, 0.2) is 0 Å². The van der Waals surface area contributed by atoms with Gasteiger partial charge in [0.05, 0.1) is 5.69 Å². The van der Waals surface area contributed by atoms with E-state index in [-0.39, 0.29) is 0 Å². The Balaban J connectivity index is 1.98. The fraction of sp³-hybridized carbons (Fsp3) is 0.333. The summed E-state index contributed by atoms with van der Waals surface area (Å²) in [5.41, 5.74) is 7.55. The Labute approximate surface area is 113 Å². The van der Waals surface area contributed by atoms with Gasteiger partial charge in [-0.2, -0.15) is 5.10 Å². The highest BCUT2D eigenvalue weighted by Gasteiger charge is 2.00. The number of rotatable bonds is 6. The van der Waals surface area contributed by atoms with Crippen LogP contribution < -0.4 is 10.5 Å². The maximum atomic E-state index is 5.62. The molecule has 0 unspecified atom stereocenters. The minimum absolute atomic E-state index is 0.388. The van der Waals surface area contributed by atoms with E-state index in [9.17, 15) is 0 Å². The van der Waals surface area contributed by atoms with E-state index in [2.05, 4.69) is 29.3 Å². The van der Waals surface area contributed by atoms with Crippen LogP contribution in [-0.4, -0.2) is 10.2 Å². The van der Waals surface area contributed by atoms with Crippen molar-refractivity contribution in [1.82, 2.24) is 10.2 Å². The molecule has 1 heterocycles. The molecule has 2 rings (SSSR count). The number of nitrogens with zero attached hydrogens (tertiary/aromatic N) is 2. The van der Waals surface area contributed by atoms with Gasteiger partial charge in [-0.3, -0.25) is 0 Å². The third-order valence-electron chi connectivity index (χ3n) is 2.87. The molecule has 0 radical (unpaired) electrons. The Morgan fingerprint density at radius 2 is 1.84 bits per heavy atom. The van der Waals surface area contributed by atoms with Gasteiger partial charge >= 0.3 is 0 Å². The number of ether oxygens (including phenoxy) is 1. The summed E-state index contributed by atoms with van der Waals surface area (Å²) in [4.78, 5) is 0. The molecular weight excluding hydrogens is 238 g/mol. The number of nitrogens with two attached hydrogens (primary N) is 1. The number of benzene rings is 1. The summed E-state index contributed by atoms with van der Waals surface area (Å²) in [6.45, 7) is 2.58. The molecule has 0 aliphatic rings. The second kappa shape index (κ2) is 6.85. The second-order valence-electron chi connectivity index (χ2n) is 4.42. The van der Waals surface area contributed by atoms with E-state index < -0.39 is 0 Å². The Kier molecular flexibility index (Phi) is 4.86. The third kappa shape index (κ3) is 4.03. The van der Waals surface area contributed by atoms with Crippen molar-refractivity contribution in [3.63, 3.8) is 0 Å². The van der Waals surface area contributed by atoms with Gasteiger partial charge in [-0.05, 0) is 36.6 Å². The van der Waals surface area contributed by atoms with Crippen LogP contribution in [0.2, 0.25) is 0 Å². The first-order chi connectivity index (χ1) is 9.31. The zero-order chi connectivity index (χ0) is 13.5. The van der Waals surface area contributed by atoms with Gasteiger partial charge in [0.2, 0.25) is 5.88 Å². The van der Waals surface area contributed by atoms with Crippen LogP contribution in [0.5, 0.6) is 11.6 Å². The monoisotopic (exact) mass is 257 g/mol. The van der Waals surface area contributed by atoms with Crippen LogP contribution in [-0.2, 0) is 13.0 Å². The van der Waals surface area contributed by atoms with Gasteiger partial charge in [-0.1, -0.05) is 25.5 Å². The Hall–Kier alpha value is -1.94. The predicted molar refractivity (Wildman–Crippen MR) is 75.1 cm³/mol. The lowest BCUT2D eigenvalue weighted by molar-refractivity contribution is 0.453. The molecule has 0 amide bonds. The number of hydrogen-bond acceptors (Lipinski definition) is 4. The molecule has 0 atom stereocenters. The summed E-state index contributed by atoms with van der Waals surface area (Å²) in [6.07, 6.45) is 3.54. The van der Waals surface area contributed by atoms with Crippen molar-refractivity contribution in [1.29, 1.82) is 0 Å². The fourth-order valence-corrected chi connectivity index (χ4v) is 1.74. The van der Waals surface area contributed by atoms with Crippen molar-refractivity contribution in [2.75, 3.05) is 0 Å². The number of aromatic nitrogens is 2. The van der Waals surface area contributed by atoms with Crippen molar-refractivity contribution >= 4 is 0 Å². The Bertz CT molecular complexity index is 494. The van der Waals surface area contributed by atoms with E-state index in [4.69, 9.17) is 10.5 Å². The molecule has 0 saturated heterocycles. The van der Waals surface area contributed by atoms with Crippen LogP contribution in [0.4, 0.5) is 0 Å². The van der Waals surface area contributed by atoms with Crippen molar-refractivity contribution in [3.05, 3.63) is 47.7 Å². The standard InChI is InChI=1S/C15H19N3O/c1-2-3-4-12-5-8-14(9-6-12)19-15-10-7-13(11-16)17-18-15/h5-10H,2-4,11,16H2,1H3. The molecule has 2 aromatic rings. The van der Waals surface area contributed by atoms with Crippen LogP contribution in [0, 0.1) is 0 Å². The van der Waals surface area contributed by atoms with Gasteiger partial charge in [-0.25, -0.2) is 0 Å². The summed E-state index contributed by atoms with van der Waals surface area (Å²) in [7, 11) is 0. The van der Waals surface area contributed by atoms with E-state index in [0.717, 1.165) is 17.9 Å². The molecule has 100 valence electrons. The zero-order valence-corrected chi connectivity index (χ0v) is 11.2. The van der Waals surface area contributed by atoms with E-state index >= 15 is 0 Å². The quantitative estimate of drug-likeness (QED) is 0.864. The molecule has 0 fully saturated rings. The Morgan fingerprint density at radius 1 is 1.05 bits per heavy atom. The van der Waals surface area contributed by atoms with Crippen molar-refractivity contribution < 1.29 is 4.74 Å². The summed E-state index contributed by atoms with van der Waals surface area (Å²) < 4.78 is 5.62. The highest BCUT2D eigenvalue weighted by Crippen LogP contribution is 2.19. The molecule has 1 aromatic heterocycles. The summed E-state index contributed by atoms with van der Waals surface area (Å²) >= 11 is 0. The third-order valence-corrected chi connectivity index (χ3v) is 2.87. The number of hydrogen-bond donors (Lipinski definition) is 1. The molecule has 19 heavy (non-hydrogen) atoms. The highest BCUT2D eigenvalue weighted by atomic mass is 16.5. The van der Waals surface area contributed by atoms with Gasteiger partial charge < -0.3 is 10.5 Å². The van der Waals surface area contributed by atoms with Gasteiger partial charge in [-0.15, -0.1) is 5.10 Å². The SMILES string of the molecule is CCCCc1ccc(Oc2ccc(CN)nn2)cc1. The van der Waals surface area contributed by atoms with Crippen LogP contribution in [0.3, 0.4) is 0 Å². The molecule has 0 saturated carbocycles. The molecule has 4 nitrogen and oxygen atoms in total. The number of unbranched alkanes of at least 4 members (excludes halogenated alkanes) is 1. The first-order valence-electron chi connectivity index (χ1n) is 6.61. The van der Waals surface area contributed by atoms with E-state index in [1.165, 1.54) is 18.4 Å². The predicted octanol–water partition coefficient (Wildman–Crippen LogP) is 3.07. The average Bonchev–Trinajstić information content (AvgIpc) is 2.47. The first kappa shape index (κ1) is 13.5. The second-order valence-corrected chi connectivity index (χ2v) is 4.42. The smallest absolute Gasteiger partial charge is 0.238 e. The molecule has 0 aliphatic carbocycles. The van der Waals surface area contributed by atoms with Gasteiger partial charge in [0.1, 0.15) is 5.75 Å². The van der Waals surface area contributed by atoms with E-state index in [1.54, 1.807) is 6.07 Å². The summed E-state index contributed by atoms with van der Waals surface area (Å²) in [5.74, 6) is 1.26. The van der Waals surface area contributed by atoms with Crippen LogP contribution >= 0.6 is 0 Å². The lowest BCUT2D eigenvalue weighted by Gasteiger charge is -2.05. The zero-order valence-electron chi connectivity index (χ0n) is 11.2. The highest BCUT2D eigenvalue weighted by molar-refractivity contribution is 5.30. The van der Waals surface area contributed by atoms with E-state index in [1.807, 2.05) is 18.2 Å². The van der Waals surface area contributed by atoms with E-state index in [0.29, 0.717) is 12.4 Å². The van der Waals surface area contributed by atoms with Gasteiger partial charge in [0.25, 0.3) is 0 Å². The van der Waals surface area contributed by atoms with Crippen molar-refractivity contribution in [2.45, 2.75) is 32.7 Å². The molecule has 0 aliphatic heterocycles. The van der Waals surface area contributed by atoms with Crippen LogP contribution in [0.15, 0.2) is 36.4 Å². The minimum Gasteiger partial charge on any atom is -0.438 e. The maximum Gasteiger partial charge on any atom is 0.238 e. The molecule has 1 aromatic carbocycles. The van der Waals surface area contributed by atoms with Crippen LogP contribution in [0.25, 0.3) is 0 Å². The van der Waals surface area contributed by atoms with Crippen molar-refractivity contribution in [3.8, 4) is 11.6 Å². The number of aryl methyl sites for hydroxylation is 1. The molecule has 2 N–H and O–H groups in total. The fourth-order valence-electron chi connectivity index (χ4n) is 1.74. The molecule has 4 heteroatoms. The first-order valence-corrected chi connectivity index (χ1v) is 6.61. The van der Waals surface area contributed by atoms with Crippen LogP contribution in [0.1, 0.15) is 31.0 Å². The topological polar surface area (TPSA) is 61.0 Å². The molecule has 0 bridgehead atoms. The summed E-state index contributed by atoms with van der Waals surface area (Å²) in [6, 6.07) is 11.7. The molecular formula is C15H19N3O. The average molecular weight is 257 g/mol. The normalized spacial score (nSPS) is 10.4. The summed E-state index contributed by atoms with van der Waals surface area (Å²) in [5, 5.41) is 7.92. The molecule has 0 spiro atoms.